The number of thiol groups is 1. The number of carbonyl (C=O) groups excluding carboxylic acids is 2. The van der Waals surface area contributed by atoms with Gasteiger partial charge in [0.1, 0.15) is 6.04 Å². The van der Waals surface area contributed by atoms with Gasteiger partial charge in [0.25, 0.3) is 0 Å². The minimum absolute atomic E-state index is 0.106. The number of nitrogens with zero attached hydrogens (tertiary/aromatic N) is 1. The van der Waals surface area contributed by atoms with Crippen molar-refractivity contribution in [3.63, 3.8) is 0 Å². The molecule has 1 heterocycles. The predicted molar refractivity (Wildman–Crippen MR) is 50.6 cm³/mol. The Hall–Kier alpha value is -0.710. The van der Waals surface area contributed by atoms with E-state index in [0.29, 0.717) is 13.0 Å². The Morgan fingerprint density at radius 1 is 1.62 bits per heavy atom. The van der Waals surface area contributed by atoms with Crippen molar-refractivity contribution in [3.05, 3.63) is 0 Å². The highest BCUT2D eigenvalue weighted by Gasteiger charge is 2.39. The van der Waals surface area contributed by atoms with Crippen LogP contribution in [0, 0.1) is 0 Å². The Morgan fingerprint density at radius 2 is 2.23 bits per heavy atom. The Kier molecular flexibility index (Phi) is 3.19. The van der Waals surface area contributed by atoms with Gasteiger partial charge in [-0.1, -0.05) is 0 Å². The zero-order valence-corrected chi connectivity index (χ0v) is 8.58. The first-order chi connectivity index (χ1) is 6.07. The molecule has 1 rings (SSSR count). The molecule has 0 aromatic rings. The van der Waals surface area contributed by atoms with Crippen molar-refractivity contribution < 1.29 is 14.3 Å². The third-order valence-electron chi connectivity index (χ3n) is 2.13. The highest BCUT2D eigenvalue weighted by Crippen LogP contribution is 2.20. The number of likely N-dealkylation sites (tertiary alicyclic amines) is 1. The number of esters is 1. The van der Waals surface area contributed by atoms with Crippen LogP contribution in [-0.4, -0.2) is 41.7 Å². The molecule has 1 aliphatic heterocycles. The lowest BCUT2D eigenvalue weighted by molar-refractivity contribution is -0.159. The van der Waals surface area contributed by atoms with Gasteiger partial charge < -0.3 is 9.64 Å². The highest BCUT2D eigenvalue weighted by atomic mass is 32.1. The van der Waals surface area contributed by atoms with Gasteiger partial charge in [-0.15, -0.1) is 0 Å². The molecule has 0 bridgehead atoms. The summed E-state index contributed by atoms with van der Waals surface area (Å²) in [6, 6.07) is -0.382. The van der Waals surface area contributed by atoms with Crippen LogP contribution in [0.1, 0.15) is 13.3 Å². The first-order valence-corrected chi connectivity index (χ1v) is 4.66. The van der Waals surface area contributed by atoms with E-state index in [1.807, 2.05) is 0 Å². The van der Waals surface area contributed by atoms with E-state index in [4.69, 9.17) is 0 Å². The predicted octanol–water partition coefficient (Wildman–Crippen LogP) is 0.0786. The summed E-state index contributed by atoms with van der Waals surface area (Å²) >= 11 is 4.02. The maximum absolute atomic E-state index is 11.4. The second kappa shape index (κ2) is 4.00. The van der Waals surface area contributed by atoms with Crippen molar-refractivity contribution in [3.8, 4) is 0 Å². The van der Waals surface area contributed by atoms with Crippen LogP contribution in [0.2, 0.25) is 0 Å². The van der Waals surface area contributed by atoms with Gasteiger partial charge in [0.05, 0.1) is 12.4 Å². The first kappa shape index (κ1) is 10.4. The Balaban J connectivity index is 2.54. The lowest BCUT2D eigenvalue weighted by atomic mass is 10.0. The fourth-order valence-corrected chi connectivity index (χ4v) is 1.42. The minimum atomic E-state index is -0.382. The van der Waals surface area contributed by atoms with Crippen LogP contribution in [-0.2, 0) is 14.3 Å². The second-order valence-corrected chi connectivity index (χ2v) is 3.81. The fraction of sp³-hybridized carbons (Fsp3) is 0.750. The molecule has 1 fully saturated rings. The normalized spacial score (nSPS) is 23.3. The third-order valence-corrected chi connectivity index (χ3v) is 2.35. The van der Waals surface area contributed by atoms with Gasteiger partial charge in [0.15, 0.2) is 0 Å². The van der Waals surface area contributed by atoms with Crippen LogP contribution < -0.4 is 0 Å². The molecule has 1 aliphatic rings. The molecule has 0 saturated carbocycles. The van der Waals surface area contributed by atoms with Gasteiger partial charge in [0, 0.05) is 6.54 Å². The minimum Gasteiger partial charge on any atom is -0.467 e. The number of carbonyl (C=O) groups is 2. The van der Waals surface area contributed by atoms with Crippen molar-refractivity contribution in [2.24, 2.45) is 0 Å². The van der Waals surface area contributed by atoms with E-state index in [1.165, 1.54) is 12.0 Å². The van der Waals surface area contributed by atoms with Gasteiger partial charge in [-0.05, 0) is 13.3 Å². The van der Waals surface area contributed by atoms with E-state index >= 15 is 0 Å². The van der Waals surface area contributed by atoms with E-state index in [1.54, 1.807) is 6.92 Å². The average molecular weight is 203 g/mol. The number of amides is 1. The van der Waals surface area contributed by atoms with Crippen LogP contribution in [0.3, 0.4) is 0 Å². The standard InChI is InChI=1S/C8H13NO3S/c1-5(13)7(10)9-4-3-6(9)8(11)12-2/h5-6,13H,3-4H2,1-2H3. The molecular weight excluding hydrogens is 190 g/mol. The molecule has 13 heavy (non-hydrogen) atoms. The van der Waals surface area contributed by atoms with Crippen molar-refractivity contribution in [1.29, 1.82) is 0 Å². The maximum Gasteiger partial charge on any atom is 0.328 e. The monoisotopic (exact) mass is 203 g/mol. The molecule has 0 aliphatic carbocycles. The third kappa shape index (κ3) is 1.96. The number of ether oxygens (including phenoxy) is 1. The Morgan fingerprint density at radius 3 is 2.54 bits per heavy atom. The van der Waals surface area contributed by atoms with Crippen LogP contribution in [0.25, 0.3) is 0 Å². The maximum atomic E-state index is 11.4. The molecule has 0 N–H and O–H groups in total. The molecule has 74 valence electrons. The van der Waals surface area contributed by atoms with Gasteiger partial charge in [-0.3, -0.25) is 4.79 Å². The van der Waals surface area contributed by atoms with E-state index < -0.39 is 0 Å². The van der Waals surface area contributed by atoms with Gasteiger partial charge in [0.2, 0.25) is 5.91 Å². The Labute approximate surface area is 82.6 Å². The second-order valence-electron chi connectivity index (χ2n) is 3.04. The van der Waals surface area contributed by atoms with E-state index in [0.717, 1.165) is 0 Å². The average Bonchev–Trinajstić information content (AvgIpc) is 2.01. The summed E-state index contributed by atoms with van der Waals surface area (Å²) in [7, 11) is 1.33. The summed E-state index contributed by atoms with van der Waals surface area (Å²) in [6.45, 7) is 2.32. The fourth-order valence-electron chi connectivity index (χ4n) is 1.27. The van der Waals surface area contributed by atoms with Crippen LogP contribution in [0.5, 0.6) is 0 Å². The summed E-state index contributed by atoms with van der Waals surface area (Å²) in [5, 5.41) is -0.354. The number of hydrogen-bond acceptors (Lipinski definition) is 4. The van der Waals surface area contributed by atoms with Crippen LogP contribution in [0.4, 0.5) is 0 Å². The summed E-state index contributed by atoms with van der Waals surface area (Å²) in [6.07, 6.45) is 0.693. The smallest absolute Gasteiger partial charge is 0.328 e. The molecule has 2 atom stereocenters. The molecule has 0 spiro atoms. The number of methoxy groups -OCH3 is 1. The van der Waals surface area contributed by atoms with Crippen molar-refractivity contribution >= 4 is 24.5 Å². The molecule has 5 heteroatoms. The van der Waals surface area contributed by atoms with E-state index in [9.17, 15) is 9.59 Å². The summed E-state index contributed by atoms with van der Waals surface area (Å²) in [5.74, 6) is -0.446. The van der Waals surface area contributed by atoms with Crippen molar-refractivity contribution in [2.45, 2.75) is 24.6 Å². The molecule has 2 unspecified atom stereocenters. The highest BCUT2D eigenvalue weighted by molar-refractivity contribution is 7.81. The summed E-state index contributed by atoms with van der Waals surface area (Å²) in [4.78, 5) is 24.0. The molecule has 0 aromatic carbocycles. The number of rotatable bonds is 2. The van der Waals surface area contributed by atoms with Gasteiger partial charge in [-0.25, -0.2) is 4.79 Å². The SMILES string of the molecule is COC(=O)C1CCN1C(=O)C(C)S. The van der Waals surface area contributed by atoms with Crippen molar-refractivity contribution in [1.82, 2.24) is 4.90 Å². The summed E-state index contributed by atoms with van der Waals surface area (Å²) < 4.78 is 4.56. The Bertz CT molecular complexity index is 229. The molecular formula is C8H13NO3S. The summed E-state index contributed by atoms with van der Waals surface area (Å²) in [5.41, 5.74) is 0. The molecule has 0 radical (unpaired) electrons. The molecule has 1 amide bonds. The zero-order valence-electron chi connectivity index (χ0n) is 7.69. The molecule has 4 nitrogen and oxygen atoms in total. The molecule has 1 saturated heterocycles. The number of hydrogen-bond donors (Lipinski definition) is 1. The lowest BCUT2D eigenvalue weighted by Crippen LogP contribution is -2.57. The first-order valence-electron chi connectivity index (χ1n) is 4.14. The van der Waals surface area contributed by atoms with Gasteiger partial charge >= 0.3 is 5.97 Å². The quantitative estimate of drug-likeness (QED) is 0.510. The van der Waals surface area contributed by atoms with E-state index in [2.05, 4.69) is 17.4 Å². The van der Waals surface area contributed by atoms with Crippen LogP contribution in [0.15, 0.2) is 0 Å². The van der Waals surface area contributed by atoms with Gasteiger partial charge in [-0.2, -0.15) is 12.6 Å². The largest absolute Gasteiger partial charge is 0.467 e. The van der Waals surface area contributed by atoms with Crippen molar-refractivity contribution in [2.75, 3.05) is 13.7 Å². The lowest BCUT2D eigenvalue weighted by Gasteiger charge is -2.39. The molecule has 0 aromatic heterocycles. The zero-order chi connectivity index (χ0) is 10.0. The van der Waals surface area contributed by atoms with Crippen LogP contribution >= 0.6 is 12.6 Å². The topological polar surface area (TPSA) is 46.6 Å². The van der Waals surface area contributed by atoms with E-state index in [-0.39, 0.29) is 23.2 Å².